The summed E-state index contributed by atoms with van der Waals surface area (Å²) in [5, 5.41) is 25.1. The van der Waals surface area contributed by atoms with E-state index >= 15 is 0 Å². The van der Waals surface area contributed by atoms with E-state index in [0.717, 1.165) is 17.0 Å². The Morgan fingerprint density at radius 2 is 2.04 bits per heavy atom. The predicted molar refractivity (Wildman–Crippen MR) is 95.9 cm³/mol. The first kappa shape index (κ1) is 17.3. The second kappa shape index (κ2) is 6.75. The molecule has 2 N–H and O–H groups in total. The summed E-state index contributed by atoms with van der Waals surface area (Å²) in [6.07, 6.45) is 0. The molecule has 0 radical (unpaired) electrons. The fourth-order valence-electron chi connectivity index (χ4n) is 2.68. The molecule has 0 amide bonds. The van der Waals surface area contributed by atoms with Crippen LogP contribution in [0.2, 0.25) is 0 Å². The van der Waals surface area contributed by atoms with Crippen molar-refractivity contribution in [3.63, 3.8) is 0 Å². The van der Waals surface area contributed by atoms with Crippen LogP contribution < -0.4 is 15.7 Å². The molecule has 8 nitrogen and oxygen atoms in total. The van der Waals surface area contributed by atoms with E-state index in [2.05, 4.69) is 5.32 Å². The van der Waals surface area contributed by atoms with Crippen molar-refractivity contribution in [3.05, 3.63) is 68.1 Å². The fraction of sp³-hybridized carbons (Fsp3) is 0.167. The van der Waals surface area contributed by atoms with Gasteiger partial charge in [-0.15, -0.1) is 0 Å². The molecule has 0 fully saturated rings. The zero-order chi connectivity index (χ0) is 18.8. The molecular weight excluding hydrogens is 340 g/mol. The first-order valence-corrected chi connectivity index (χ1v) is 7.71. The SMILES string of the molecule is COc1cc([N+](=O)[O-])cc(CNc2ccc3c(C)cc(=O)oc3c2)c1O. The quantitative estimate of drug-likeness (QED) is 0.409. The van der Waals surface area contributed by atoms with Gasteiger partial charge in [0.05, 0.1) is 18.1 Å². The van der Waals surface area contributed by atoms with Crippen LogP contribution >= 0.6 is 0 Å². The monoisotopic (exact) mass is 356 g/mol. The number of nitrogens with zero attached hydrogens (tertiary/aromatic N) is 1. The van der Waals surface area contributed by atoms with Crippen LogP contribution in [0.25, 0.3) is 11.0 Å². The highest BCUT2D eigenvalue weighted by molar-refractivity contribution is 5.83. The predicted octanol–water partition coefficient (Wildman–Crippen LogP) is 3.34. The lowest BCUT2D eigenvalue weighted by Crippen LogP contribution is -2.03. The number of rotatable bonds is 5. The van der Waals surface area contributed by atoms with Crippen LogP contribution in [0.5, 0.6) is 11.5 Å². The number of fused-ring (bicyclic) bond motifs is 1. The highest BCUT2D eigenvalue weighted by Crippen LogP contribution is 2.35. The maximum absolute atomic E-state index is 11.5. The highest BCUT2D eigenvalue weighted by atomic mass is 16.6. The normalized spacial score (nSPS) is 10.7. The summed E-state index contributed by atoms with van der Waals surface area (Å²) in [6, 6.07) is 9.12. The Morgan fingerprint density at radius 1 is 1.27 bits per heavy atom. The maximum Gasteiger partial charge on any atom is 0.336 e. The van der Waals surface area contributed by atoms with Crippen LogP contribution in [0.4, 0.5) is 11.4 Å². The van der Waals surface area contributed by atoms with E-state index < -0.39 is 10.5 Å². The molecule has 0 spiro atoms. The minimum Gasteiger partial charge on any atom is -0.504 e. The van der Waals surface area contributed by atoms with Gasteiger partial charge < -0.3 is 19.6 Å². The lowest BCUT2D eigenvalue weighted by molar-refractivity contribution is -0.385. The number of phenols is 1. The first-order valence-electron chi connectivity index (χ1n) is 7.71. The Hall–Kier alpha value is -3.55. The van der Waals surface area contributed by atoms with Crippen LogP contribution in [0.3, 0.4) is 0 Å². The number of hydrogen-bond donors (Lipinski definition) is 2. The standard InChI is InChI=1S/C18H16N2O6/c1-10-5-17(21)26-15-7-12(3-4-14(10)15)19-9-11-6-13(20(23)24)8-16(25-2)18(11)22/h3-8,19,22H,9H2,1-2H3. The number of methoxy groups -OCH3 is 1. The molecular formula is C18H16N2O6. The molecule has 134 valence electrons. The molecule has 3 aromatic rings. The van der Waals surface area contributed by atoms with Gasteiger partial charge in [-0.3, -0.25) is 10.1 Å². The Morgan fingerprint density at radius 3 is 2.73 bits per heavy atom. The van der Waals surface area contributed by atoms with Gasteiger partial charge in [0.2, 0.25) is 0 Å². The van der Waals surface area contributed by atoms with Gasteiger partial charge in [-0.1, -0.05) is 0 Å². The van der Waals surface area contributed by atoms with Crippen molar-refractivity contribution < 1.29 is 19.2 Å². The Bertz CT molecular complexity index is 1060. The van der Waals surface area contributed by atoms with Crippen LogP contribution in [0, 0.1) is 17.0 Å². The summed E-state index contributed by atoms with van der Waals surface area (Å²) >= 11 is 0. The molecule has 0 saturated carbocycles. The van der Waals surface area contributed by atoms with Crippen molar-refractivity contribution in [1.29, 1.82) is 0 Å². The third kappa shape index (κ3) is 3.30. The van der Waals surface area contributed by atoms with Crippen molar-refractivity contribution in [1.82, 2.24) is 0 Å². The third-order valence-electron chi connectivity index (χ3n) is 4.00. The summed E-state index contributed by atoms with van der Waals surface area (Å²) in [5.41, 5.74) is 1.56. The Kier molecular flexibility index (Phi) is 4.49. The van der Waals surface area contributed by atoms with E-state index in [1.165, 1.54) is 19.2 Å². The van der Waals surface area contributed by atoms with Gasteiger partial charge >= 0.3 is 5.63 Å². The maximum atomic E-state index is 11.5. The van der Waals surface area contributed by atoms with Crippen LogP contribution in [-0.2, 0) is 6.54 Å². The average Bonchev–Trinajstić information content (AvgIpc) is 2.60. The summed E-state index contributed by atoms with van der Waals surface area (Å²) in [5.74, 6) is -0.148. The van der Waals surface area contributed by atoms with Crippen molar-refractivity contribution in [2.45, 2.75) is 13.5 Å². The number of benzene rings is 2. The summed E-state index contributed by atoms with van der Waals surface area (Å²) in [7, 11) is 1.32. The van der Waals surface area contributed by atoms with Crippen LogP contribution in [-0.4, -0.2) is 17.1 Å². The zero-order valence-corrected chi connectivity index (χ0v) is 14.1. The molecule has 0 aliphatic rings. The van der Waals surface area contributed by atoms with E-state index in [4.69, 9.17) is 9.15 Å². The molecule has 0 aliphatic carbocycles. The molecule has 2 aromatic carbocycles. The zero-order valence-electron chi connectivity index (χ0n) is 14.1. The minimum absolute atomic E-state index is 0.0242. The number of nitrogens with one attached hydrogen (secondary N) is 1. The number of nitro groups is 1. The van der Waals surface area contributed by atoms with Crippen LogP contribution in [0.15, 0.2) is 45.6 Å². The molecule has 1 heterocycles. The molecule has 0 bridgehead atoms. The van der Waals surface area contributed by atoms with E-state index in [9.17, 15) is 20.0 Å². The number of aryl methyl sites for hydroxylation is 1. The fourth-order valence-corrected chi connectivity index (χ4v) is 2.68. The van der Waals surface area contributed by atoms with Crippen molar-refractivity contribution in [2.24, 2.45) is 0 Å². The Balaban J connectivity index is 1.91. The van der Waals surface area contributed by atoms with Gasteiger partial charge in [0, 0.05) is 41.4 Å². The topological polar surface area (TPSA) is 115 Å². The van der Waals surface area contributed by atoms with Crippen molar-refractivity contribution in [2.75, 3.05) is 12.4 Å². The van der Waals surface area contributed by atoms with Gasteiger partial charge in [-0.2, -0.15) is 0 Å². The molecule has 8 heteroatoms. The number of aromatic hydroxyl groups is 1. The molecule has 3 rings (SSSR count). The largest absolute Gasteiger partial charge is 0.504 e. The van der Waals surface area contributed by atoms with Gasteiger partial charge in [-0.25, -0.2) is 4.79 Å². The number of non-ortho nitro benzene ring substituents is 1. The molecule has 0 atom stereocenters. The molecule has 26 heavy (non-hydrogen) atoms. The first-order chi connectivity index (χ1) is 12.4. The number of ether oxygens (including phenoxy) is 1. The summed E-state index contributed by atoms with van der Waals surface area (Å²) in [6.45, 7) is 1.94. The van der Waals surface area contributed by atoms with Gasteiger partial charge in [-0.05, 0) is 24.6 Å². The lowest BCUT2D eigenvalue weighted by Gasteiger charge is -2.11. The summed E-state index contributed by atoms with van der Waals surface area (Å²) < 4.78 is 10.2. The van der Waals surface area contributed by atoms with E-state index in [1.54, 1.807) is 12.1 Å². The third-order valence-corrected chi connectivity index (χ3v) is 4.00. The molecule has 0 unspecified atom stereocenters. The van der Waals surface area contributed by atoms with Gasteiger partial charge in [0.1, 0.15) is 5.58 Å². The van der Waals surface area contributed by atoms with E-state index in [0.29, 0.717) is 16.8 Å². The van der Waals surface area contributed by atoms with Gasteiger partial charge in [0.25, 0.3) is 5.69 Å². The minimum atomic E-state index is -0.557. The molecule has 1 aromatic heterocycles. The van der Waals surface area contributed by atoms with E-state index in [1.807, 2.05) is 13.0 Å². The van der Waals surface area contributed by atoms with Crippen molar-refractivity contribution in [3.8, 4) is 11.5 Å². The van der Waals surface area contributed by atoms with Crippen LogP contribution in [0.1, 0.15) is 11.1 Å². The van der Waals surface area contributed by atoms with Crippen molar-refractivity contribution >= 4 is 22.3 Å². The second-order valence-electron chi connectivity index (χ2n) is 5.73. The molecule has 0 saturated heterocycles. The number of nitro benzene ring substituents is 1. The Labute approximate surface area is 147 Å². The van der Waals surface area contributed by atoms with Gasteiger partial charge in [0.15, 0.2) is 11.5 Å². The summed E-state index contributed by atoms with van der Waals surface area (Å²) in [4.78, 5) is 22.0. The number of anilines is 1. The molecule has 0 aliphatic heterocycles. The second-order valence-corrected chi connectivity index (χ2v) is 5.73. The smallest absolute Gasteiger partial charge is 0.336 e. The van der Waals surface area contributed by atoms with E-state index in [-0.39, 0.29) is 23.7 Å². The number of phenolic OH excluding ortho intramolecular Hbond substituents is 1. The number of hydrogen-bond acceptors (Lipinski definition) is 7. The highest BCUT2D eigenvalue weighted by Gasteiger charge is 2.16. The lowest BCUT2D eigenvalue weighted by atomic mass is 10.1. The average molecular weight is 356 g/mol.